The Balaban J connectivity index is 1.51. The Morgan fingerprint density at radius 3 is 2.55 bits per heavy atom. The number of halogens is 1. The van der Waals surface area contributed by atoms with Crippen molar-refractivity contribution in [3.8, 4) is 0 Å². The maximum Gasteiger partial charge on any atom is 0.149 e. The van der Waals surface area contributed by atoms with Crippen LogP contribution >= 0.6 is 11.6 Å². The first-order valence-electron chi connectivity index (χ1n) is 14.1. The van der Waals surface area contributed by atoms with E-state index in [1.807, 2.05) is 0 Å². The zero-order chi connectivity index (χ0) is 23.8. The standard InChI is InChI=1S/C30H48ClNO/c1-19(2)8-7-9-20(3)23-10-11-25-28(23,4)15-13-26-29(5)14-12-21(31)16-24(29)22-17-32(6)18-30(25,26)27(22)33/h16,19-23,25-26H,7-15,17-18H2,1-6H3/t20-,21+,22?,23-,25-,26-,28-,29+,30?/m1/s1. The van der Waals surface area contributed by atoms with Gasteiger partial charge >= 0.3 is 0 Å². The fraction of sp³-hybridized carbons (Fsp3) is 0.900. The molecule has 33 heavy (non-hydrogen) atoms. The minimum atomic E-state index is -0.137. The number of hydrogen-bond donors (Lipinski definition) is 0. The molecule has 0 aromatic carbocycles. The molecule has 1 heterocycles. The summed E-state index contributed by atoms with van der Waals surface area (Å²) in [4.78, 5) is 17.0. The number of fused-ring (bicyclic) bond motifs is 5. The van der Waals surface area contributed by atoms with E-state index >= 15 is 0 Å². The van der Waals surface area contributed by atoms with Gasteiger partial charge in [-0.25, -0.2) is 0 Å². The maximum atomic E-state index is 14.5. The van der Waals surface area contributed by atoms with Crippen LogP contribution in [0.4, 0.5) is 0 Å². The molecule has 1 aliphatic heterocycles. The Labute approximate surface area is 208 Å². The lowest BCUT2D eigenvalue weighted by Gasteiger charge is -2.68. The van der Waals surface area contributed by atoms with Crippen LogP contribution in [0.15, 0.2) is 11.6 Å². The van der Waals surface area contributed by atoms with Crippen LogP contribution in [-0.2, 0) is 4.79 Å². The summed E-state index contributed by atoms with van der Waals surface area (Å²) < 4.78 is 0. The monoisotopic (exact) mass is 473 g/mol. The predicted octanol–water partition coefficient (Wildman–Crippen LogP) is 7.36. The number of allylic oxidation sites excluding steroid dienone is 1. The normalized spacial score (nSPS) is 48.2. The molecule has 9 atom stereocenters. The van der Waals surface area contributed by atoms with Crippen LogP contribution in [0.25, 0.3) is 0 Å². The van der Waals surface area contributed by atoms with E-state index in [0.29, 0.717) is 23.0 Å². The number of hydrogen-bond acceptors (Lipinski definition) is 2. The third-order valence-corrected chi connectivity index (χ3v) is 12.0. The number of ketones is 1. The van der Waals surface area contributed by atoms with E-state index in [9.17, 15) is 4.79 Å². The summed E-state index contributed by atoms with van der Waals surface area (Å²) in [5.41, 5.74) is 1.79. The zero-order valence-corrected chi connectivity index (χ0v) is 22.9. The third-order valence-electron chi connectivity index (χ3n) is 11.7. The summed E-state index contributed by atoms with van der Waals surface area (Å²) >= 11 is 6.66. The van der Waals surface area contributed by atoms with E-state index in [1.54, 1.807) is 0 Å². The average molecular weight is 474 g/mol. The van der Waals surface area contributed by atoms with Crippen LogP contribution in [0.2, 0.25) is 0 Å². The van der Waals surface area contributed by atoms with Crippen LogP contribution in [0.3, 0.4) is 0 Å². The van der Waals surface area contributed by atoms with Gasteiger partial charge in [-0.15, -0.1) is 11.6 Å². The van der Waals surface area contributed by atoms with E-state index in [0.717, 1.165) is 37.3 Å². The minimum Gasteiger partial charge on any atom is -0.304 e. The number of carbonyl (C=O) groups is 1. The molecule has 4 fully saturated rings. The molecule has 1 spiro atoms. The SMILES string of the molecule is CC(C)CCC[C@@H](C)[C@H]1CC[C@H]2C34CN(C)CC(C3=O)C3=C[C@@H](Cl)CC[C@]3(C)[C@H]4CC[C@]12C. The van der Waals surface area contributed by atoms with Gasteiger partial charge in [0.25, 0.3) is 0 Å². The van der Waals surface area contributed by atoms with Gasteiger partial charge < -0.3 is 4.90 Å². The molecule has 0 N–H and O–H groups in total. The van der Waals surface area contributed by atoms with Crippen LogP contribution in [0, 0.1) is 51.8 Å². The summed E-state index contributed by atoms with van der Waals surface area (Å²) in [6.07, 6.45) is 13.8. The van der Waals surface area contributed by atoms with Crippen molar-refractivity contribution in [1.29, 1.82) is 0 Å². The third kappa shape index (κ3) is 3.46. The number of rotatable bonds is 5. The zero-order valence-electron chi connectivity index (χ0n) is 22.1. The van der Waals surface area contributed by atoms with Crippen LogP contribution in [-0.4, -0.2) is 36.2 Å². The van der Waals surface area contributed by atoms with E-state index in [1.165, 1.54) is 56.9 Å². The van der Waals surface area contributed by atoms with Gasteiger partial charge in [0.1, 0.15) is 5.78 Å². The molecule has 0 amide bonds. The second-order valence-corrected chi connectivity index (χ2v) is 14.4. The number of carbonyl (C=O) groups excluding carboxylic acids is 1. The number of alkyl halides is 1. The second kappa shape index (κ2) is 8.36. The predicted molar refractivity (Wildman–Crippen MR) is 138 cm³/mol. The molecule has 5 aliphatic rings. The largest absolute Gasteiger partial charge is 0.304 e. The fourth-order valence-electron chi connectivity index (χ4n) is 10.3. The summed E-state index contributed by atoms with van der Waals surface area (Å²) in [6, 6.07) is 0. The molecule has 186 valence electrons. The van der Waals surface area contributed by atoms with Crippen molar-refractivity contribution in [3.63, 3.8) is 0 Å². The van der Waals surface area contributed by atoms with E-state index < -0.39 is 0 Å². The van der Waals surface area contributed by atoms with Crippen LogP contribution in [0.1, 0.15) is 92.4 Å². The number of likely N-dealkylation sites (tertiary alicyclic amines) is 1. The molecule has 0 aromatic heterocycles. The molecule has 5 rings (SSSR count). The number of piperidine rings is 1. The lowest BCUT2D eigenvalue weighted by molar-refractivity contribution is -0.184. The van der Waals surface area contributed by atoms with Gasteiger partial charge in [-0.2, -0.15) is 0 Å². The number of Topliss-reactive ketones (excluding diaryl/α,β-unsaturated/α-hetero) is 1. The Kier molecular flexibility index (Phi) is 6.17. The average Bonchev–Trinajstić information content (AvgIpc) is 3.09. The van der Waals surface area contributed by atoms with Crippen molar-refractivity contribution in [1.82, 2.24) is 4.90 Å². The van der Waals surface area contributed by atoms with Crippen LogP contribution < -0.4 is 0 Å². The topological polar surface area (TPSA) is 20.3 Å². The summed E-state index contributed by atoms with van der Waals surface area (Å²) in [7, 11) is 2.27. The Bertz CT molecular complexity index is 820. The highest BCUT2D eigenvalue weighted by molar-refractivity contribution is 6.22. The molecule has 0 radical (unpaired) electrons. The Hall–Kier alpha value is -0.340. The molecule has 0 aromatic rings. The summed E-state index contributed by atoms with van der Waals surface area (Å²) in [6.45, 7) is 14.3. The van der Waals surface area contributed by atoms with Gasteiger partial charge in [0.05, 0.1) is 11.3 Å². The van der Waals surface area contributed by atoms with E-state index in [4.69, 9.17) is 11.6 Å². The smallest absolute Gasteiger partial charge is 0.149 e. The molecule has 1 saturated heterocycles. The van der Waals surface area contributed by atoms with Crippen molar-refractivity contribution >= 4 is 17.4 Å². The molecule has 3 saturated carbocycles. The van der Waals surface area contributed by atoms with E-state index in [-0.39, 0.29) is 22.1 Å². The highest BCUT2D eigenvalue weighted by Crippen LogP contribution is 2.73. The molecule has 2 unspecified atom stereocenters. The summed E-state index contributed by atoms with van der Waals surface area (Å²) in [5, 5.41) is 0.108. The van der Waals surface area contributed by atoms with E-state index in [2.05, 4.69) is 52.6 Å². The van der Waals surface area contributed by atoms with Crippen LogP contribution in [0.5, 0.6) is 0 Å². The van der Waals surface area contributed by atoms with Gasteiger partial charge in [0.15, 0.2) is 0 Å². The van der Waals surface area contributed by atoms with Crippen molar-refractivity contribution in [3.05, 3.63) is 11.6 Å². The minimum absolute atomic E-state index is 0.0800. The first kappa shape index (κ1) is 24.4. The molecule has 3 heteroatoms. The fourth-order valence-corrected chi connectivity index (χ4v) is 10.6. The first-order chi connectivity index (χ1) is 15.5. The van der Waals surface area contributed by atoms with Gasteiger partial charge in [-0.3, -0.25) is 4.79 Å². The Morgan fingerprint density at radius 2 is 1.82 bits per heavy atom. The van der Waals surface area contributed by atoms with Crippen molar-refractivity contribution in [2.45, 2.75) is 97.8 Å². The van der Waals surface area contributed by atoms with Gasteiger partial charge in [-0.1, -0.05) is 65.5 Å². The van der Waals surface area contributed by atoms with Crippen molar-refractivity contribution < 1.29 is 4.79 Å². The number of nitrogens with zero attached hydrogens (tertiary/aromatic N) is 1. The Morgan fingerprint density at radius 1 is 1.06 bits per heavy atom. The molecular weight excluding hydrogens is 426 g/mol. The first-order valence-corrected chi connectivity index (χ1v) is 14.6. The molecular formula is C30H48ClNO. The van der Waals surface area contributed by atoms with Gasteiger partial charge in [-0.05, 0) is 86.0 Å². The molecule has 4 aliphatic carbocycles. The maximum absolute atomic E-state index is 14.5. The lowest BCUT2D eigenvalue weighted by atomic mass is 9.37. The van der Waals surface area contributed by atoms with Crippen molar-refractivity contribution in [2.75, 3.05) is 20.1 Å². The van der Waals surface area contributed by atoms with Gasteiger partial charge in [0.2, 0.25) is 0 Å². The summed E-state index contributed by atoms with van der Waals surface area (Å²) in [5.74, 6) is 4.12. The second-order valence-electron chi connectivity index (χ2n) is 13.9. The highest BCUT2D eigenvalue weighted by Gasteiger charge is 2.72. The quantitative estimate of drug-likeness (QED) is 0.307. The lowest BCUT2D eigenvalue weighted by Crippen LogP contribution is -2.71. The molecule has 2 nitrogen and oxygen atoms in total. The van der Waals surface area contributed by atoms with Gasteiger partial charge in [0, 0.05) is 18.5 Å². The molecule has 2 bridgehead atoms. The van der Waals surface area contributed by atoms with Crippen molar-refractivity contribution in [2.24, 2.45) is 51.8 Å². The highest BCUT2D eigenvalue weighted by atomic mass is 35.5.